The van der Waals surface area contributed by atoms with Crippen LogP contribution in [0.25, 0.3) is 0 Å². The summed E-state index contributed by atoms with van der Waals surface area (Å²) in [5.74, 6) is -0.188. The molecule has 0 spiro atoms. The van der Waals surface area contributed by atoms with Crippen molar-refractivity contribution in [2.45, 2.75) is 17.1 Å². The first-order chi connectivity index (χ1) is 9.98. The van der Waals surface area contributed by atoms with Gasteiger partial charge in [0.25, 0.3) is 0 Å². The van der Waals surface area contributed by atoms with Crippen LogP contribution in [0.3, 0.4) is 0 Å². The largest absolute Gasteiger partial charge is 0.495 e. The molecule has 0 heterocycles. The number of Topliss-reactive ketones (excluding diaryl/α,β-unsaturated/α-hetero) is 1. The molecule has 0 amide bonds. The zero-order valence-electron chi connectivity index (χ0n) is 11.8. The van der Waals surface area contributed by atoms with Crippen molar-refractivity contribution < 1.29 is 17.9 Å². The Bertz CT molecular complexity index is 736. The van der Waals surface area contributed by atoms with Crippen molar-refractivity contribution in [2.75, 3.05) is 7.11 Å². The van der Waals surface area contributed by atoms with Crippen LogP contribution in [0, 0.1) is 0 Å². The average molecular weight is 304 g/mol. The van der Waals surface area contributed by atoms with Crippen molar-refractivity contribution in [3.8, 4) is 5.75 Å². The molecule has 0 aliphatic rings. The Morgan fingerprint density at radius 1 is 1.00 bits per heavy atom. The molecule has 0 fully saturated rings. The summed E-state index contributed by atoms with van der Waals surface area (Å²) >= 11 is 0. The Kier molecular flexibility index (Phi) is 4.43. The second-order valence-electron chi connectivity index (χ2n) is 4.57. The fourth-order valence-electron chi connectivity index (χ4n) is 2.02. The molecule has 2 aromatic carbocycles. The number of hydrogen-bond acceptors (Lipinski definition) is 4. The third kappa shape index (κ3) is 2.97. The number of para-hydroxylation sites is 1. The Morgan fingerprint density at radius 3 is 2.19 bits per heavy atom. The van der Waals surface area contributed by atoms with Gasteiger partial charge in [0.15, 0.2) is 15.6 Å². The Hall–Kier alpha value is -2.14. The second-order valence-corrected chi connectivity index (χ2v) is 6.81. The van der Waals surface area contributed by atoms with Gasteiger partial charge in [-0.25, -0.2) is 8.42 Å². The van der Waals surface area contributed by atoms with E-state index in [0.717, 1.165) is 0 Å². The van der Waals surface area contributed by atoms with Gasteiger partial charge in [0, 0.05) is 5.56 Å². The number of sulfone groups is 1. The average Bonchev–Trinajstić information content (AvgIpc) is 2.54. The van der Waals surface area contributed by atoms with Gasteiger partial charge in [-0.3, -0.25) is 4.79 Å². The minimum absolute atomic E-state index is 0.0317. The first-order valence-electron chi connectivity index (χ1n) is 6.44. The number of ether oxygens (including phenoxy) is 1. The van der Waals surface area contributed by atoms with E-state index in [-0.39, 0.29) is 10.6 Å². The molecule has 0 aliphatic heterocycles. The number of benzene rings is 2. The highest BCUT2D eigenvalue weighted by Gasteiger charge is 2.32. The molecule has 1 atom stereocenters. The predicted molar refractivity (Wildman–Crippen MR) is 80.4 cm³/mol. The fraction of sp³-hybridized carbons (Fsp3) is 0.188. The summed E-state index contributed by atoms with van der Waals surface area (Å²) in [6, 6.07) is 14.7. The summed E-state index contributed by atoms with van der Waals surface area (Å²) in [5.41, 5.74) is 0.378. The maximum Gasteiger partial charge on any atom is 0.192 e. The van der Waals surface area contributed by atoms with E-state index in [9.17, 15) is 13.2 Å². The predicted octanol–water partition coefficient (Wildman–Crippen LogP) is 2.74. The smallest absolute Gasteiger partial charge is 0.192 e. The van der Waals surface area contributed by atoms with E-state index in [4.69, 9.17) is 4.74 Å². The van der Waals surface area contributed by atoms with Crippen molar-refractivity contribution in [1.29, 1.82) is 0 Å². The topological polar surface area (TPSA) is 60.4 Å². The van der Waals surface area contributed by atoms with Crippen LogP contribution in [0.5, 0.6) is 5.75 Å². The highest BCUT2D eigenvalue weighted by Crippen LogP contribution is 2.27. The molecule has 21 heavy (non-hydrogen) atoms. The molecule has 0 bridgehead atoms. The first-order valence-corrected chi connectivity index (χ1v) is 7.99. The quantitative estimate of drug-likeness (QED) is 0.797. The van der Waals surface area contributed by atoms with Gasteiger partial charge >= 0.3 is 0 Å². The lowest BCUT2D eigenvalue weighted by atomic mass is 10.1. The van der Waals surface area contributed by atoms with Gasteiger partial charge in [-0.2, -0.15) is 0 Å². The molecule has 5 heteroatoms. The van der Waals surface area contributed by atoms with E-state index in [2.05, 4.69) is 0 Å². The maximum atomic E-state index is 12.6. The number of hydrogen-bond donors (Lipinski definition) is 0. The van der Waals surface area contributed by atoms with Crippen LogP contribution in [0.15, 0.2) is 59.5 Å². The number of rotatable bonds is 5. The van der Waals surface area contributed by atoms with Crippen LogP contribution < -0.4 is 4.74 Å². The van der Waals surface area contributed by atoms with Crippen molar-refractivity contribution in [3.63, 3.8) is 0 Å². The van der Waals surface area contributed by atoms with Crippen molar-refractivity contribution in [2.24, 2.45) is 0 Å². The van der Waals surface area contributed by atoms with Crippen LogP contribution in [0.4, 0.5) is 0 Å². The summed E-state index contributed by atoms with van der Waals surface area (Å²) in [7, 11) is -2.40. The third-order valence-electron chi connectivity index (χ3n) is 3.27. The van der Waals surface area contributed by atoms with Gasteiger partial charge in [-0.1, -0.05) is 42.5 Å². The van der Waals surface area contributed by atoms with Gasteiger partial charge in [0.1, 0.15) is 15.9 Å². The molecule has 1 unspecified atom stereocenters. The molecular weight excluding hydrogens is 288 g/mol. The minimum Gasteiger partial charge on any atom is -0.495 e. The number of carbonyl (C=O) groups excluding carboxylic acids is 1. The van der Waals surface area contributed by atoms with Gasteiger partial charge in [0.05, 0.1) is 7.11 Å². The molecule has 0 aromatic heterocycles. The number of carbonyl (C=O) groups is 1. The molecule has 0 aliphatic carbocycles. The van der Waals surface area contributed by atoms with Gasteiger partial charge in [-0.05, 0) is 19.1 Å². The SMILES string of the molecule is COc1ccccc1S(=O)(=O)C(C)C(=O)c1ccccc1. The maximum absolute atomic E-state index is 12.6. The molecule has 0 N–H and O–H groups in total. The Labute approximate surface area is 124 Å². The summed E-state index contributed by atoms with van der Waals surface area (Å²) < 4.78 is 30.3. The molecule has 2 rings (SSSR count). The summed E-state index contributed by atoms with van der Waals surface area (Å²) in [6.07, 6.45) is 0. The molecule has 4 nitrogen and oxygen atoms in total. The van der Waals surface area contributed by atoms with Crippen LogP contribution in [0.2, 0.25) is 0 Å². The van der Waals surface area contributed by atoms with Crippen molar-refractivity contribution in [1.82, 2.24) is 0 Å². The van der Waals surface area contributed by atoms with Crippen molar-refractivity contribution in [3.05, 3.63) is 60.2 Å². The summed E-state index contributed by atoms with van der Waals surface area (Å²) in [4.78, 5) is 12.4. The second kappa shape index (κ2) is 6.10. The lowest BCUT2D eigenvalue weighted by molar-refractivity contribution is 0.0991. The molecule has 0 radical (unpaired) electrons. The van der Waals surface area contributed by atoms with Gasteiger partial charge in [-0.15, -0.1) is 0 Å². The molecule has 2 aromatic rings. The summed E-state index contributed by atoms with van der Waals surface area (Å²) in [5, 5.41) is -1.17. The van der Waals surface area contributed by atoms with Gasteiger partial charge in [0.2, 0.25) is 0 Å². The number of ketones is 1. The normalized spacial score (nSPS) is 12.7. The highest BCUT2D eigenvalue weighted by atomic mass is 32.2. The highest BCUT2D eigenvalue weighted by molar-refractivity contribution is 7.93. The molecule has 0 saturated carbocycles. The van der Waals surface area contributed by atoms with E-state index in [1.54, 1.807) is 48.5 Å². The van der Waals surface area contributed by atoms with Crippen LogP contribution >= 0.6 is 0 Å². The van der Waals surface area contributed by atoms with E-state index < -0.39 is 20.9 Å². The van der Waals surface area contributed by atoms with E-state index in [0.29, 0.717) is 5.56 Å². The Morgan fingerprint density at radius 2 is 1.57 bits per heavy atom. The van der Waals surface area contributed by atoms with Gasteiger partial charge < -0.3 is 4.74 Å². The van der Waals surface area contributed by atoms with E-state index >= 15 is 0 Å². The molecular formula is C16H16O4S. The zero-order valence-corrected chi connectivity index (χ0v) is 12.6. The van der Waals surface area contributed by atoms with Crippen LogP contribution in [0.1, 0.15) is 17.3 Å². The number of methoxy groups -OCH3 is 1. The van der Waals surface area contributed by atoms with Crippen LogP contribution in [-0.4, -0.2) is 26.6 Å². The fourth-order valence-corrected chi connectivity index (χ4v) is 3.52. The standard InChI is InChI=1S/C16H16O4S/c1-12(16(17)13-8-4-3-5-9-13)21(18,19)15-11-7-6-10-14(15)20-2/h3-12H,1-2H3. The zero-order chi connectivity index (χ0) is 15.5. The van der Waals surface area contributed by atoms with Crippen molar-refractivity contribution >= 4 is 15.6 Å². The van der Waals surface area contributed by atoms with E-state index in [1.807, 2.05) is 0 Å². The Balaban J connectivity index is 2.42. The summed E-state index contributed by atoms with van der Waals surface area (Å²) in [6.45, 7) is 1.40. The molecule has 0 saturated heterocycles. The van der Waals surface area contributed by atoms with Crippen LogP contribution in [-0.2, 0) is 9.84 Å². The monoisotopic (exact) mass is 304 g/mol. The van der Waals surface area contributed by atoms with E-state index in [1.165, 1.54) is 20.1 Å². The lowest BCUT2D eigenvalue weighted by Gasteiger charge is -2.14. The third-order valence-corrected chi connectivity index (χ3v) is 5.36. The minimum atomic E-state index is -3.80. The first kappa shape index (κ1) is 15.3. The lowest BCUT2D eigenvalue weighted by Crippen LogP contribution is -2.27. The molecule has 110 valence electrons.